The van der Waals surface area contributed by atoms with Crippen molar-refractivity contribution < 1.29 is 23.1 Å². The van der Waals surface area contributed by atoms with Crippen molar-refractivity contribution in [2.75, 3.05) is 0 Å². The van der Waals surface area contributed by atoms with Gasteiger partial charge in [-0.25, -0.2) is 4.98 Å². The maximum Gasteiger partial charge on any atom is 0.424 e. The average Bonchev–Trinajstić information content (AvgIpc) is 3.05. The lowest BCUT2D eigenvalue weighted by Crippen LogP contribution is -2.47. The fraction of sp³-hybridized carbons (Fsp3) is 0.500. The van der Waals surface area contributed by atoms with Crippen LogP contribution in [-0.4, -0.2) is 22.2 Å². The van der Waals surface area contributed by atoms with Crippen molar-refractivity contribution in [3.05, 3.63) is 51.5 Å². The van der Waals surface area contributed by atoms with Crippen molar-refractivity contribution in [1.29, 1.82) is 0 Å². The van der Waals surface area contributed by atoms with Gasteiger partial charge in [-0.1, -0.05) is 45.0 Å². The van der Waals surface area contributed by atoms with Gasteiger partial charge >= 0.3 is 6.18 Å². The molecule has 0 unspecified atom stereocenters. The van der Waals surface area contributed by atoms with Crippen LogP contribution in [0.1, 0.15) is 55.1 Å². The van der Waals surface area contributed by atoms with Crippen LogP contribution in [-0.2, 0) is 16.8 Å². The smallest absolute Gasteiger partial charge is 0.374 e. The van der Waals surface area contributed by atoms with Crippen LogP contribution in [0, 0.1) is 12.8 Å². The molecule has 0 saturated heterocycles. The molecule has 1 amide bonds. The van der Waals surface area contributed by atoms with Gasteiger partial charge in [-0.2, -0.15) is 13.2 Å². The molecule has 2 N–H and O–H groups in total. The van der Waals surface area contributed by atoms with Crippen molar-refractivity contribution >= 4 is 17.2 Å². The molecule has 1 heterocycles. The fourth-order valence-electron chi connectivity index (χ4n) is 2.89. The Morgan fingerprint density at radius 2 is 1.86 bits per heavy atom. The number of benzene rings is 1. The number of rotatable bonds is 7. The van der Waals surface area contributed by atoms with Crippen LogP contribution >= 0.6 is 11.3 Å². The number of amides is 1. The molecule has 0 saturated carbocycles. The summed E-state index contributed by atoms with van der Waals surface area (Å²) >= 11 is 0.690. The summed E-state index contributed by atoms with van der Waals surface area (Å²) in [4.78, 5) is 16.3. The molecule has 1 aromatic heterocycles. The summed E-state index contributed by atoms with van der Waals surface area (Å²) in [6, 6.07) is 7.13. The van der Waals surface area contributed by atoms with Crippen LogP contribution in [0.3, 0.4) is 0 Å². The Morgan fingerprint density at radius 3 is 2.29 bits per heavy atom. The van der Waals surface area contributed by atoms with E-state index in [1.807, 2.05) is 45.0 Å². The second kappa shape index (κ2) is 8.61. The summed E-state index contributed by atoms with van der Waals surface area (Å²) < 4.78 is 40.8. The van der Waals surface area contributed by atoms with Gasteiger partial charge in [0.2, 0.25) is 11.5 Å². The number of carbonyl (C=O) groups is 1. The van der Waals surface area contributed by atoms with Gasteiger partial charge < -0.3 is 10.4 Å². The first kappa shape index (κ1) is 22.4. The normalized spacial score (nSPS) is 15.3. The standard InChI is InChI=1S/C20H25F3N2O2S/c1-5-14-6-8-15(9-7-14)17(12(2)3)25-16(26)10-19(27,20(21,22)23)18-24-13(4)11-28-18/h6-9,11-12,17,27H,5,10H2,1-4H3,(H,25,26)/t17-,19-/m1/s1. The van der Waals surface area contributed by atoms with Gasteiger partial charge in [0.15, 0.2) is 0 Å². The summed E-state index contributed by atoms with van der Waals surface area (Å²) in [5.74, 6) is -0.927. The summed E-state index contributed by atoms with van der Waals surface area (Å²) in [6.45, 7) is 7.30. The lowest BCUT2D eigenvalue weighted by atomic mass is 9.93. The van der Waals surface area contributed by atoms with E-state index in [9.17, 15) is 23.1 Å². The van der Waals surface area contributed by atoms with Crippen molar-refractivity contribution in [2.24, 2.45) is 5.92 Å². The molecule has 0 bridgehead atoms. The number of aliphatic hydroxyl groups is 1. The maximum absolute atomic E-state index is 13.6. The number of halogens is 3. The summed E-state index contributed by atoms with van der Waals surface area (Å²) in [5, 5.41) is 13.9. The Morgan fingerprint density at radius 1 is 1.25 bits per heavy atom. The predicted molar refractivity (Wildman–Crippen MR) is 103 cm³/mol. The molecule has 0 radical (unpaired) electrons. The molecule has 0 aliphatic heterocycles. The van der Waals surface area contributed by atoms with Gasteiger partial charge in [-0.05, 0) is 30.4 Å². The third-order valence-electron chi connectivity index (χ3n) is 4.59. The third kappa shape index (κ3) is 4.91. The van der Waals surface area contributed by atoms with E-state index in [1.54, 1.807) is 0 Å². The molecule has 0 fully saturated rings. The molecule has 0 aliphatic carbocycles. The first-order chi connectivity index (χ1) is 13.0. The fourth-order valence-corrected chi connectivity index (χ4v) is 3.81. The molecule has 2 aromatic rings. The van der Waals surface area contributed by atoms with E-state index < -0.39 is 35.2 Å². The van der Waals surface area contributed by atoms with Gasteiger partial charge in [-0.15, -0.1) is 11.3 Å². The van der Waals surface area contributed by atoms with Crippen LogP contribution in [0.25, 0.3) is 0 Å². The minimum atomic E-state index is -5.02. The first-order valence-corrected chi connectivity index (χ1v) is 9.95. The molecule has 28 heavy (non-hydrogen) atoms. The van der Waals surface area contributed by atoms with Crippen LogP contribution < -0.4 is 5.32 Å². The van der Waals surface area contributed by atoms with E-state index in [1.165, 1.54) is 12.3 Å². The average molecular weight is 414 g/mol. The van der Waals surface area contributed by atoms with E-state index in [0.29, 0.717) is 17.0 Å². The Balaban J connectivity index is 2.24. The zero-order chi connectivity index (χ0) is 21.1. The molecule has 8 heteroatoms. The number of nitrogens with one attached hydrogen (secondary N) is 1. The highest BCUT2D eigenvalue weighted by atomic mass is 32.1. The Bertz CT molecular complexity index is 803. The summed E-state index contributed by atoms with van der Waals surface area (Å²) in [7, 11) is 0. The van der Waals surface area contributed by atoms with E-state index in [-0.39, 0.29) is 5.92 Å². The number of hydrogen-bond acceptors (Lipinski definition) is 4. The third-order valence-corrected chi connectivity index (χ3v) is 5.70. The number of hydrogen-bond donors (Lipinski definition) is 2. The van der Waals surface area contributed by atoms with Gasteiger partial charge in [0.1, 0.15) is 5.01 Å². The lowest BCUT2D eigenvalue weighted by Gasteiger charge is -2.30. The largest absolute Gasteiger partial charge is 0.424 e. The molecular weight excluding hydrogens is 389 g/mol. The minimum Gasteiger partial charge on any atom is -0.374 e. The van der Waals surface area contributed by atoms with Crippen LogP contribution in [0.15, 0.2) is 29.6 Å². The lowest BCUT2D eigenvalue weighted by molar-refractivity contribution is -0.267. The highest BCUT2D eigenvalue weighted by molar-refractivity contribution is 7.09. The number of carbonyl (C=O) groups excluding carboxylic acids is 1. The van der Waals surface area contributed by atoms with Crippen molar-refractivity contribution in [3.63, 3.8) is 0 Å². The number of aromatic nitrogens is 1. The van der Waals surface area contributed by atoms with Crippen LogP contribution in [0.2, 0.25) is 0 Å². The molecule has 0 spiro atoms. The predicted octanol–water partition coefficient (Wildman–Crippen LogP) is 4.67. The zero-order valence-corrected chi connectivity index (χ0v) is 17.1. The van der Waals surface area contributed by atoms with Gasteiger partial charge in [0.05, 0.1) is 12.5 Å². The van der Waals surface area contributed by atoms with Crippen molar-refractivity contribution in [3.8, 4) is 0 Å². The molecule has 1 aromatic carbocycles. The van der Waals surface area contributed by atoms with E-state index in [2.05, 4.69) is 10.3 Å². The monoisotopic (exact) mass is 414 g/mol. The molecule has 4 nitrogen and oxygen atoms in total. The zero-order valence-electron chi connectivity index (χ0n) is 16.3. The van der Waals surface area contributed by atoms with E-state index >= 15 is 0 Å². The highest BCUT2D eigenvalue weighted by Gasteiger charge is 2.58. The van der Waals surface area contributed by atoms with Crippen molar-refractivity contribution in [2.45, 2.75) is 58.4 Å². The molecule has 154 valence electrons. The van der Waals surface area contributed by atoms with Gasteiger partial charge in [0, 0.05) is 11.1 Å². The van der Waals surface area contributed by atoms with Crippen molar-refractivity contribution in [1.82, 2.24) is 10.3 Å². The number of aryl methyl sites for hydroxylation is 2. The Labute approximate surface area is 166 Å². The molecule has 2 rings (SSSR count). The number of thiazole rings is 1. The summed E-state index contributed by atoms with van der Waals surface area (Å²) in [6.07, 6.45) is -5.30. The SMILES string of the molecule is CCc1ccc([C@H](NC(=O)C[C@@](O)(c2nc(C)cs2)C(F)(F)F)C(C)C)cc1. The second-order valence-electron chi connectivity index (χ2n) is 7.21. The highest BCUT2D eigenvalue weighted by Crippen LogP contribution is 2.43. The minimum absolute atomic E-state index is 0.0440. The topological polar surface area (TPSA) is 62.2 Å². The maximum atomic E-state index is 13.6. The van der Waals surface area contributed by atoms with E-state index in [4.69, 9.17) is 0 Å². The molecule has 2 atom stereocenters. The Hall–Kier alpha value is -1.93. The van der Waals surface area contributed by atoms with Crippen LogP contribution in [0.4, 0.5) is 13.2 Å². The summed E-state index contributed by atoms with van der Waals surface area (Å²) in [5.41, 5.74) is -1.02. The molecule has 0 aliphatic rings. The van der Waals surface area contributed by atoms with E-state index in [0.717, 1.165) is 17.5 Å². The molecular formula is C20H25F3N2O2S. The van der Waals surface area contributed by atoms with Crippen LogP contribution in [0.5, 0.6) is 0 Å². The second-order valence-corrected chi connectivity index (χ2v) is 8.07. The first-order valence-electron chi connectivity index (χ1n) is 9.07. The number of nitrogens with zero attached hydrogens (tertiary/aromatic N) is 1. The quantitative estimate of drug-likeness (QED) is 0.692. The van der Waals surface area contributed by atoms with Gasteiger partial charge in [0.25, 0.3) is 0 Å². The number of alkyl halides is 3. The Kier molecular flexibility index (Phi) is 6.88. The van der Waals surface area contributed by atoms with Gasteiger partial charge in [-0.3, -0.25) is 4.79 Å².